The Morgan fingerprint density at radius 3 is 2.68 bits per heavy atom. The normalized spacial score (nSPS) is 13.0. The van der Waals surface area contributed by atoms with Crippen LogP contribution in [0.5, 0.6) is 0 Å². The van der Waals surface area contributed by atoms with Crippen molar-refractivity contribution in [2.24, 2.45) is 5.73 Å². The van der Waals surface area contributed by atoms with Crippen molar-refractivity contribution in [2.75, 3.05) is 16.8 Å². The van der Waals surface area contributed by atoms with Crippen molar-refractivity contribution in [1.29, 1.82) is 0 Å². The number of nitrogens with zero attached hydrogens (tertiary/aromatic N) is 2. The van der Waals surface area contributed by atoms with Gasteiger partial charge < -0.3 is 11.1 Å². The number of carbonyl (C=O) groups excluding carboxylic acids is 2. The largest absolute Gasteiger partial charge is 0.365 e. The van der Waals surface area contributed by atoms with E-state index >= 15 is 0 Å². The lowest BCUT2D eigenvalue weighted by molar-refractivity contribution is -0.113. The van der Waals surface area contributed by atoms with E-state index < -0.39 is 5.91 Å². The highest BCUT2D eigenvalue weighted by molar-refractivity contribution is 8.03. The zero-order chi connectivity index (χ0) is 17.8. The van der Waals surface area contributed by atoms with Crippen molar-refractivity contribution in [3.05, 3.63) is 16.0 Å². The van der Waals surface area contributed by atoms with Crippen LogP contribution in [0.3, 0.4) is 0 Å². The van der Waals surface area contributed by atoms with E-state index in [1.54, 1.807) is 11.8 Å². The summed E-state index contributed by atoms with van der Waals surface area (Å²) in [7, 11) is 0. The van der Waals surface area contributed by atoms with Gasteiger partial charge in [-0.1, -0.05) is 41.8 Å². The maximum Gasteiger partial charge on any atom is 0.251 e. The third-order valence-electron chi connectivity index (χ3n) is 3.56. The van der Waals surface area contributed by atoms with Gasteiger partial charge in [0.2, 0.25) is 5.91 Å². The molecule has 1 aliphatic carbocycles. The van der Waals surface area contributed by atoms with Gasteiger partial charge >= 0.3 is 0 Å². The second-order valence-electron chi connectivity index (χ2n) is 5.44. The van der Waals surface area contributed by atoms with Crippen LogP contribution in [0, 0.1) is 0 Å². The number of thioether (sulfide) groups is 2. The second-order valence-corrected chi connectivity index (χ2v) is 10.1. The first-order valence-corrected chi connectivity index (χ1v) is 11.5. The molecule has 0 bridgehead atoms. The molecule has 0 aliphatic heterocycles. The molecule has 0 radical (unpaired) electrons. The van der Waals surface area contributed by atoms with Crippen molar-refractivity contribution >= 4 is 63.0 Å². The molecule has 3 rings (SSSR count). The van der Waals surface area contributed by atoms with E-state index in [0.717, 1.165) is 45.7 Å². The van der Waals surface area contributed by atoms with E-state index in [1.165, 1.54) is 39.3 Å². The molecule has 25 heavy (non-hydrogen) atoms. The summed E-state index contributed by atoms with van der Waals surface area (Å²) >= 11 is 6.00. The standard InChI is InChI=1S/C15H18N4O2S4/c1-2-6-22-14-18-19-15(25-14)23-7-10(20)17-13-11(12(16)21)8-4-3-5-9(8)24-13/h2-7H2,1H3,(H2,16,21)(H,17,20). The minimum atomic E-state index is -0.468. The van der Waals surface area contributed by atoms with Gasteiger partial charge in [0.25, 0.3) is 5.91 Å². The maximum absolute atomic E-state index is 12.2. The molecule has 134 valence electrons. The van der Waals surface area contributed by atoms with Gasteiger partial charge in [-0.3, -0.25) is 9.59 Å². The molecule has 1 aliphatic rings. The summed E-state index contributed by atoms with van der Waals surface area (Å²) < 4.78 is 1.70. The van der Waals surface area contributed by atoms with Gasteiger partial charge in [0.15, 0.2) is 8.68 Å². The number of primary amides is 1. The number of aromatic nitrogens is 2. The highest BCUT2D eigenvalue weighted by Gasteiger charge is 2.26. The summed E-state index contributed by atoms with van der Waals surface area (Å²) in [6.45, 7) is 2.12. The fourth-order valence-electron chi connectivity index (χ4n) is 2.55. The first kappa shape index (κ1) is 18.7. The van der Waals surface area contributed by atoms with Gasteiger partial charge in [-0.25, -0.2) is 0 Å². The molecular weight excluding hydrogens is 396 g/mol. The quantitative estimate of drug-likeness (QED) is 0.642. The smallest absolute Gasteiger partial charge is 0.251 e. The number of hydrogen-bond donors (Lipinski definition) is 2. The molecule has 0 saturated carbocycles. The van der Waals surface area contributed by atoms with E-state index in [4.69, 9.17) is 5.73 Å². The van der Waals surface area contributed by atoms with Gasteiger partial charge in [-0.15, -0.1) is 21.5 Å². The fraction of sp³-hybridized carbons (Fsp3) is 0.467. The molecule has 0 fully saturated rings. The summed E-state index contributed by atoms with van der Waals surface area (Å²) in [5.41, 5.74) is 7.01. The SMILES string of the molecule is CCCSc1nnc(SCC(=O)Nc2sc3c(c2C(N)=O)CCC3)s1. The number of anilines is 1. The lowest BCUT2D eigenvalue weighted by Crippen LogP contribution is -2.18. The lowest BCUT2D eigenvalue weighted by Gasteiger charge is -2.05. The summed E-state index contributed by atoms with van der Waals surface area (Å²) in [5.74, 6) is 0.612. The van der Waals surface area contributed by atoms with Crippen LogP contribution < -0.4 is 11.1 Å². The van der Waals surface area contributed by atoms with Crippen LogP contribution in [0.4, 0.5) is 5.00 Å². The molecule has 0 aromatic carbocycles. The van der Waals surface area contributed by atoms with Crippen LogP contribution in [0.2, 0.25) is 0 Å². The average Bonchev–Trinajstić information content (AvgIpc) is 3.26. The minimum Gasteiger partial charge on any atom is -0.365 e. The monoisotopic (exact) mass is 414 g/mol. The predicted molar refractivity (Wildman–Crippen MR) is 105 cm³/mol. The molecule has 2 aromatic rings. The summed E-state index contributed by atoms with van der Waals surface area (Å²) in [6.07, 6.45) is 3.94. The molecule has 0 atom stereocenters. The summed E-state index contributed by atoms with van der Waals surface area (Å²) in [6, 6.07) is 0. The van der Waals surface area contributed by atoms with Gasteiger partial charge in [0.1, 0.15) is 5.00 Å². The van der Waals surface area contributed by atoms with Gasteiger partial charge in [-0.05, 0) is 31.2 Å². The van der Waals surface area contributed by atoms with Crippen LogP contribution in [0.1, 0.15) is 40.6 Å². The number of hydrogen-bond acceptors (Lipinski definition) is 8. The van der Waals surface area contributed by atoms with Crippen molar-refractivity contribution in [1.82, 2.24) is 10.2 Å². The van der Waals surface area contributed by atoms with Crippen molar-refractivity contribution in [2.45, 2.75) is 41.3 Å². The van der Waals surface area contributed by atoms with Gasteiger partial charge in [0.05, 0.1) is 11.3 Å². The van der Waals surface area contributed by atoms with Crippen LogP contribution in [0.25, 0.3) is 0 Å². The summed E-state index contributed by atoms with van der Waals surface area (Å²) in [5, 5.41) is 11.6. The molecule has 0 saturated heterocycles. The lowest BCUT2D eigenvalue weighted by atomic mass is 10.1. The Morgan fingerprint density at radius 2 is 1.96 bits per heavy atom. The number of fused-ring (bicyclic) bond motifs is 1. The molecule has 2 amide bonds. The van der Waals surface area contributed by atoms with E-state index in [1.807, 2.05) is 0 Å². The third-order valence-corrected chi connectivity index (χ3v) is 8.17. The van der Waals surface area contributed by atoms with E-state index in [9.17, 15) is 9.59 Å². The number of amides is 2. The number of nitrogens with two attached hydrogens (primary N) is 1. The molecular formula is C15H18N4O2S4. The molecule has 3 N–H and O–H groups in total. The Bertz CT molecular complexity index is 787. The fourth-order valence-corrected chi connectivity index (χ4v) is 6.60. The van der Waals surface area contributed by atoms with E-state index in [-0.39, 0.29) is 11.7 Å². The molecule has 0 unspecified atom stereocenters. The van der Waals surface area contributed by atoms with E-state index in [0.29, 0.717) is 10.6 Å². The molecule has 10 heteroatoms. The van der Waals surface area contributed by atoms with Crippen molar-refractivity contribution in [3.8, 4) is 0 Å². The van der Waals surface area contributed by atoms with Gasteiger partial charge in [-0.2, -0.15) is 0 Å². The number of nitrogens with one attached hydrogen (secondary N) is 1. The second kappa shape index (κ2) is 8.52. The maximum atomic E-state index is 12.2. The van der Waals surface area contributed by atoms with Crippen LogP contribution in [-0.4, -0.2) is 33.5 Å². The number of aryl methyl sites for hydroxylation is 1. The van der Waals surface area contributed by atoms with Crippen LogP contribution >= 0.6 is 46.2 Å². The molecule has 2 heterocycles. The zero-order valence-corrected chi connectivity index (χ0v) is 16.9. The summed E-state index contributed by atoms with van der Waals surface area (Å²) in [4.78, 5) is 25.2. The number of rotatable bonds is 8. The van der Waals surface area contributed by atoms with Gasteiger partial charge in [0, 0.05) is 10.6 Å². The van der Waals surface area contributed by atoms with Crippen molar-refractivity contribution in [3.63, 3.8) is 0 Å². The average molecular weight is 415 g/mol. The Labute approximate surface area is 162 Å². The van der Waals surface area contributed by atoms with E-state index in [2.05, 4.69) is 22.4 Å². The highest BCUT2D eigenvalue weighted by atomic mass is 32.2. The molecule has 6 nitrogen and oxygen atoms in total. The Morgan fingerprint density at radius 1 is 1.20 bits per heavy atom. The highest BCUT2D eigenvalue weighted by Crippen LogP contribution is 2.39. The first-order valence-electron chi connectivity index (χ1n) is 7.91. The number of thiophene rings is 1. The zero-order valence-electron chi connectivity index (χ0n) is 13.7. The molecule has 2 aromatic heterocycles. The Hall–Kier alpha value is -1.10. The number of carbonyl (C=O) groups is 2. The van der Waals surface area contributed by atoms with Crippen molar-refractivity contribution < 1.29 is 9.59 Å². The molecule has 0 spiro atoms. The Balaban J connectivity index is 1.58. The topological polar surface area (TPSA) is 98.0 Å². The first-order chi connectivity index (χ1) is 12.1. The predicted octanol–water partition coefficient (Wildman–Crippen LogP) is 3.42. The minimum absolute atomic E-state index is 0.162. The van der Waals surface area contributed by atoms with Crippen LogP contribution in [-0.2, 0) is 17.6 Å². The van der Waals surface area contributed by atoms with Crippen LogP contribution in [0.15, 0.2) is 8.68 Å². The third kappa shape index (κ3) is 4.55. The Kier molecular flexibility index (Phi) is 6.37.